The van der Waals surface area contributed by atoms with Gasteiger partial charge >= 0.3 is 0 Å². The molecule has 9 heteroatoms. The molecular weight excluding hydrogens is 430 g/mol. The Bertz CT molecular complexity index is 932. The summed E-state index contributed by atoms with van der Waals surface area (Å²) in [5.74, 6) is 0.704. The van der Waals surface area contributed by atoms with E-state index in [9.17, 15) is 9.59 Å². The lowest BCUT2D eigenvalue weighted by Gasteiger charge is -2.15. The SMILES string of the molecule is COCCOc1ccc(C(=O)NC(=S)NNC(=O)COc2cc(C)ccc2C(C)C)cc1. The van der Waals surface area contributed by atoms with Crippen molar-refractivity contribution >= 4 is 29.1 Å². The smallest absolute Gasteiger partial charge is 0.276 e. The van der Waals surface area contributed by atoms with Gasteiger partial charge in [-0.3, -0.25) is 25.8 Å². The van der Waals surface area contributed by atoms with Crippen LogP contribution in [0.15, 0.2) is 42.5 Å². The van der Waals surface area contributed by atoms with Crippen LogP contribution < -0.4 is 25.6 Å². The van der Waals surface area contributed by atoms with Gasteiger partial charge in [0.05, 0.1) is 6.61 Å². The number of ether oxygens (including phenoxy) is 3. The fraction of sp³-hybridized carbons (Fsp3) is 0.348. The maximum absolute atomic E-state index is 12.3. The molecule has 0 aliphatic rings. The summed E-state index contributed by atoms with van der Waals surface area (Å²) in [5, 5.41) is 2.45. The van der Waals surface area contributed by atoms with E-state index in [1.54, 1.807) is 31.4 Å². The molecule has 0 aromatic heterocycles. The number of hydrogen-bond acceptors (Lipinski definition) is 6. The predicted molar refractivity (Wildman–Crippen MR) is 126 cm³/mol. The largest absolute Gasteiger partial charge is 0.491 e. The topological polar surface area (TPSA) is 97.9 Å². The Balaban J connectivity index is 1.77. The molecule has 0 saturated carbocycles. The number of rotatable bonds is 9. The molecule has 0 fully saturated rings. The van der Waals surface area contributed by atoms with Crippen LogP contribution in [0.5, 0.6) is 11.5 Å². The van der Waals surface area contributed by atoms with Crippen molar-refractivity contribution in [3.05, 3.63) is 59.2 Å². The summed E-state index contributed by atoms with van der Waals surface area (Å²) in [6, 6.07) is 12.5. The summed E-state index contributed by atoms with van der Waals surface area (Å²) >= 11 is 5.06. The van der Waals surface area contributed by atoms with Crippen LogP contribution in [0.2, 0.25) is 0 Å². The van der Waals surface area contributed by atoms with Crippen molar-refractivity contribution in [2.24, 2.45) is 0 Å². The third-order valence-corrected chi connectivity index (χ3v) is 4.57. The quantitative estimate of drug-likeness (QED) is 0.301. The molecule has 0 saturated heterocycles. The van der Waals surface area contributed by atoms with Crippen molar-refractivity contribution in [2.75, 3.05) is 26.9 Å². The molecule has 2 amide bonds. The summed E-state index contributed by atoms with van der Waals surface area (Å²) in [4.78, 5) is 24.4. The van der Waals surface area contributed by atoms with Gasteiger partial charge in [0.15, 0.2) is 11.7 Å². The number of nitrogens with one attached hydrogen (secondary N) is 3. The first-order valence-corrected chi connectivity index (χ1v) is 10.6. The molecule has 2 aromatic carbocycles. The van der Waals surface area contributed by atoms with Crippen LogP contribution in [0.25, 0.3) is 0 Å². The van der Waals surface area contributed by atoms with E-state index in [-0.39, 0.29) is 17.6 Å². The first-order chi connectivity index (χ1) is 15.3. The van der Waals surface area contributed by atoms with E-state index >= 15 is 0 Å². The molecule has 0 unspecified atom stereocenters. The van der Waals surface area contributed by atoms with Crippen molar-refractivity contribution in [3.63, 3.8) is 0 Å². The molecule has 32 heavy (non-hydrogen) atoms. The monoisotopic (exact) mass is 459 g/mol. The lowest BCUT2D eigenvalue weighted by atomic mass is 10.0. The number of thiocarbonyl (C=S) groups is 1. The Labute approximate surface area is 193 Å². The number of amides is 2. The highest BCUT2D eigenvalue weighted by Gasteiger charge is 2.12. The van der Waals surface area contributed by atoms with Gasteiger partial charge in [0.2, 0.25) is 0 Å². The van der Waals surface area contributed by atoms with E-state index in [1.165, 1.54) is 0 Å². The van der Waals surface area contributed by atoms with Crippen LogP contribution in [0.4, 0.5) is 0 Å². The Kier molecular flexibility index (Phi) is 9.90. The Morgan fingerprint density at radius 2 is 1.72 bits per heavy atom. The predicted octanol–water partition coefficient (Wildman–Crippen LogP) is 2.86. The molecule has 172 valence electrons. The second-order valence-corrected chi connectivity index (χ2v) is 7.71. The summed E-state index contributed by atoms with van der Waals surface area (Å²) in [6.45, 7) is 6.77. The number of benzene rings is 2. The second kappa shape index (κ2) is 12.6. The molecule has 3 N–H and O–H groups in total. The minimum Gasteiger partial charge on any atom is -0.491 e. The molecule has 0 heterocycles. The van der Waals surface area contributed by atoms with E-state index in [4.69, 9.17) is 26.4 Å². The van der Waals surface area contributed by atoms with E-state index < -0.39 is 11.8 Å². The fourth-order valence-corrected chi connectivity index (χ4v) is 2.85. The normalized spacial score (nSPS) is 10.4. The first-order valence-electron chi connectivity index (χ1n) is 10.2. The third kappa shape index (κ3) is 8.16. The second-order valence-electron chi connectivity index (χ2n) is 7.31. The Hall–Kier alpha value is -3.17. The van der Waals surface area contributed by atoms with E-state index in [2.05, 4.69) is 30.0 Å². The van der Waals surface area contributed by atoms with E-state index in [1.807, 2.05) is 25.1 Å². The summed E-state index contributed by atoms with van der Waals surface area (Å²) < 4.78 is 16.0. The maximum atomic E-state index is 12.3. The Morgan fingerprint density at radius 1 is 1.00 bits per heavy atom. The van der Waals surface area contributed by atoms with Crippen molar-refractivity contribution < 1.29 is 23.8 Å². The van der Waals surface area contributed by atoms with Crippen molar-refractivity contribution in [1.29, 1.82) is 0 Å². The van der Waals surface area contributed by atoms with Crippen LogP contribution in [-0.4, -0.2) is 43.9 Å². The molecule has 0 atom stereocenters. The third-order valence-electron chi connectivity index (χ3n) is 4.37. The molecular formula is C23H29N3O5S. The van der Waals surface area contributed by atoms with Crippen LogP contribution in [0, 0.1) is 6.92 Å². The molecule has 0 aliphatic heterocycles. The zero-order chi connectivity index (χ0) is 23.5. The van der Waals surface area contributed by atoms with Gasteiger partial charge in [-0.05, 0) is 66.5 Å². The van der Waals surface area contributed by atoms with Crippen LogP contribution >= 0.6 is 12.2 Å². The number of hydrazine groups is 1. The van der Waals surface area contributed by atoms with Crippen molar-refractivity contribution in [1.82, 2.24) is 16.2 Å². The highest BCUT2D eigenvalue weighted by atomic mass is 32.1. The van der Waals surface area contributed by atoms with Gasteiger partial charge < -0.3 is 14.2 Å². The Morgan fingerprint density at radius 3 is 2.38 bits per heavy atom. The molecule has 8 nitrogen and oxygen atoms in total. The lowest BCUT2D eigenvalue weighted by Crippen LogP contribution is -2.49. The zero-order valence-electron chi connectivity index (χ0n) is 18.7. The van der Waals surface area contributed by atoms with Gasteiger partial charge in [-0.25, -0.2) is 0 Å². The minimum atomic E-state index is -0.435. The number of aryl methyl sites for hydroxylation is 1. The molecule has 2 aromatic rings. The molecule has 0 spiro atoms. The maximum Gasteiger partial charge on any atom is 0.276 e. The molecule has 0 radical (unpaired) electrons. The van der Waals surface area contributed by atoms with E-state index in [0.717, 1.165) is 11.1 Å². The molecule has 2 rings (SSSR count). The van der Waals surface area contributed by atoms with Gasteiger partial charge in [-0.15, -0.1) is 0 Å². The van der Waals surface area contributed by atoms with Gasteiger partial charge in [0.25, 0.3) is 11.8 Å². The zero-order valence-corrected chi connectivity index (χ0v) is 19.5. The summed E-state index contributed by atoms with van der Waals surface area (Å²) in [7, 11) is 1.59. The first kappa shape index (κ1) is 25.1. The summed E-state index contributed by atoms with van der Waals surface area (Å²) in [6.07, 6.45) is 0. The average Bonchev–Trinajstić information content (AvgIpc) is 2.76. The number of carbonyl (C=O) groups excluding carboxylic acids is 2. The van der Waals surface area contributed by atoms with Gasteiger partial charge in [-0.1, -0.05) is 26.0 Å². The van der Waals surface area contributed by atoms with Crippen LogP contribution in [0.3, 0.4) is 0 Å². The highest BCUT2D eigenvalue weighted by molar-refractivity contribution is 7.80. The van der Waals surface area contributed by atoms with Gasteiger partial charge in [0.1, 0.15) is 18.1 Å². The van der Waals surface area contributed by atoms with Gasteiger partial charge in [-0.2, -0.15) is 0 Å². The van der Waals surface area contributed by atoms with E-state index in [0.29, 0.717) is 30.3 Å². The van der Waals surface area contributed by atoms with Crippen molar-refractivity contribution in [2.45, 2.75) is 26.7 Å². The number of carbonyl (C=O) groups is 2. The highest BCUT2D eigenvalue weighted by Crippen LogP contribution is 2.27. The average molecular weight is 460 g/mol. The molecule has 0 aliphatic carbocycles. The molecule has 0 bridgehead atoms. The van der Waals surface area contributed by atoms with Crippen LogP contribution in [-0.2, 0) is 9.53 Å². The summed E-state index contributed by atoms with van der Waals surface area (Å²) in [5.41, 5.74) is 7.36. The van der Waals surface area contributed by atoms with Crippen molar-refractivity contribution in [3.8, 4) is 11.5 Å². The number of methoxy groups -OCH3 is 1. The van der Waals surface area contributed by atoms with Crippen LogP contribution in [0.1, 0.15) is 41.3 Å². The standard InChI is InChI=1S/C23H29N3O5S/c1-15(2)19-10-5-16(3)13-20(19)31-14-21(27)25-26-23(32)24-22(28)17-6-8-18(9-7-17)30-12-11-29-4/h5-10,13,15H,11-12,14H2,1-4H3,(H,25,27)(H2,24,26,28,32). The fourth-order valence-electron chi connectivity index (χ4n) is 2.70. The lowest BCUT2D eigenvalue weighted by molar-refractivity contribution is -0.123. The minimum absolute atomic E-state index is 0.0396. The number of hydrogen-bond donors (Lipinski definition) is 3. The van der Waals surface area contributed by atoms with Gasteiger partial charge in [0, 0.05) is 12.7 Å².